The van der Waals surface area contributed by atoms with Gasteiger partial charge in [0.2, 0.25) is 5.88 Å². The van der Waals surface area contributed by atoms with E-state index in [2.05, 4.69) is 20.8 Å². The molecule has 10 nitrogen and oxygen atoms in total. The van der Waals surface area contributed by atoms with Crippen molar-refractivity contribution >= 4 is 38.8 Å². The number of hydrogen-bond donors (Lipinski definition) is 5. The van der Waals surface area contributed by atoms with E-state index in [1.54, 1.807) is 48.7 Å². The number of carbonyl (C=O) groups is 2. The summed E-state index contributed by atoms with van der Waals surface area (Å²) in [5, 5.41) is 14.9. The summed E-state index contributed by atoms with van der Waals surface area (Å²) < 4.78 is 6.52. The molecule has 0 spiro atoms. The van der Waals surface area contributed by atoms with Gasteiger partial charge in [0, 0.05) is 41.5 Å². The monoisotopic (exact) mass is 543 g/mol. The van der Waals surface area contributed by atoms with Gasteiger partial charge < -0.3 is 32.6 Å². The topological polar surface area (TPSA) is 171 Å². The standard InChI is InChI=1S/C28H29N7O3S/c1-14-12-16(38-20-5-3-11-33-35-20)6-7-17(14)28(31)18-8-9-19(29)24-21(18)22(23(30)26(28)36)25(39-24)27(37)34-15-4-2-10-32-13-15/h3,5-9,11-12,15,23,32H,2,4,10,13,29-31H2,1H3,(H,34,37). The highest BCUT2D eigenvalue weighted by Gasteiger charge is 2.49. The summed E-state index contributed by atoms with van der Waals surface area (Å²) >= 11 is 1.26. The van der Waals surface area contributed by atoms with Gasteiger partial charge in [-0.25, -0.2) is 0 Å². The van der Waals surface area contributed by atoms with Gasteiger partial charge in [-0.3, -0.25) is 9.59 Å². The number of amides is 1. The Morgan fingerprint density at radius 1 is 1.23 bits per heavy atom. The summed E-state index contributed by atoms with van der Waals surface area (Å²) in [7, 11) is 0. The van der Waals surface area contributed by atoms with Crippen LogP contribution in [0, 0.1) is 6.92 Å². The van der Waals surface area contributed by atoms with Crippen LogP contribution in [0.25, 0.3) is 10.1 Å². The number of hydrogen-bond acceptors (Lipinski definition) is 10. The van der Waals surface area contributed by atoms with Gasteiger partial charge >= 0.3 is 0 Å². The van der Waals surface area contributed by atoms with Crippen LogP contribution in [0.3, 0.4) is 0 Å². The maximum atomic E-state index is 14.1. The average molecular weight is 544 g/mol. The molecule has 3 atom stereocenters. The van der Waals surface area contributed by atoms with Crippen LogP contribution >= 0.6 is 11.3 Å². The molecule has 1 fully saturated rings. The van der Waals surface area contributed by atoms with E-state index in [0.717, 1.165) is 24.9 Å². The number of benzene rings is 2. The predicted molar refractivity (Wildman–Crippen MR) is 150 cm³/mol. The number of rotatable bonds is 5. The first-order valence-electron chi connectivity index (χ1n) is 12.8. The lowest BCUT2D eigenvalue weighted by atomic mass is 9.69. The van der Waals surface area contributed by atoms with Crippen LogP contribution < -0.4 is 32.6 Å². The Hall–Kier alpha value is -3.90. The second kappa shape index (κ2) is 9.69. The summed E-state index contributed by atoms with van der Waals surface area (Å²) in [5.74, 6) is 0.238. The van der Waals surface area contributed by atoms with Crippen LogP contribution in [0.2, 0.25) is 0 Å². The van der Waals surface area contributed by atoms with Crippen molar-refractivity contribution in [3.8, 4) is 11.6 Å². The lowest BCUT2D eigenvalue weighted by molar-refractivity contribution is -0.124. The van der Waals surface area contributed by atoms with Gasteiger partial charge in [0.05, 0.1) is 15.6 Å². The molecule has 3 unspecified atom stereocenters. The van der Waals surface area contributed by atoms with E-state index in [1.807, 2.05) is 6.92 Å². The minimum absolute atomic E-state index is 0.00912. The molecule has 6 rings (SSSR count). The number of thiophene rings is 1. The molecule has 2 aromatic carbocycles. The largest absolute Gasteiger partial charge is 0.438 e. The summed E-state index contributed by atoms with van der Waals surface area (Å²) in [5.41, 5.74) is 21.4. The van der Waals surface area contributed by atoms with Crippen molar-refractivity contribution in [2.24, 2.45) is 11.5 Å². The van der Waals surface area contributed by atoms with E-state index in [0.29, 0.717) is 55.5 Å². The van der Waals surface area contributed by atoms with E-state index in [-0.39, 0.29) is 11.9 Å². The number of ether oxygens (including phenoxy) is 1. The number of nitrogen functional groups attached to an aromatic ring is 1. The minimum atomic E-state index is -1.55. The van der Waals surface area contributed by atoms with Gasteiger partial charge in [-0.05, 0) is 67.3 Å². The predicted octanol–water partition coefficient (Wildman–Crippen LogP) is 2.64. The highest BCUT2D eigenvalue weighted by Crippen LogP contribution is 2.50. The van der Waals surface area contributed by atoms with Crippen LogP contribution in [0.1, 0.15) is 50.8 Å². The number of nitrogens with zero attached hydrogens (tertiary/aromatic N) is 2. The number of Topliss-reactive ketones (excluding diaryl/α,β-unsaturated/α-hetero) is 1. The first-order valence-corrected chi connectivity index (χ1v) is 13.6. The molecule has 0 bridgehead atoms. The fourth-order valence-corrected chi connectivity index (χ4v) is 6.86. The molecular formula is C28H29N7O3S. The van der Waals surface area contributed by atoms with Gasteiger partial charge in [-0.1, -0.05) is 12.1 Å². The van der Waals surface area contributed by atoms with Crippen LogP contribution in [0.5, 0.6) is 11.6 Å². The van der Waals surface area contributed by atoms with E-state index in [4.69, 9.17) is 21.9 Å². The van der Waals surface area contributed by atoms with Crippen molar-refractivity contribution in [1.29, 1.82) is 0 Å². The average Bonchev–Trinajstić information content (AvgIpc) is 3.35. The highest BCUT2D eigenvalue weighted by atomic mass is 32.1. The van der Waals surface area contributed by atoms with Crippen molar-refractivity contribution in [3.63, 3.8) is 0 Å². The number of ketones is 1. The van der Waals surface area contributed by atoms with Crippen LogP contribution in [0.4, 0.5) is 5.69 Å². The Morgan fingerprint density at radius 3 is 2.77 bits per heavy atom. The molecule has 0 radical (unpaired) electrons. The zero-order valence-electron chi connectivity index (χ0n) is 21.4. The number of aromatic nitrogens is 2. The van der Waals surface area contributed by atoms with Crippen molar-refractivity contribution < 1.29 is 14.3 Å². The van der Waals surface area contributed by atoms with E-state index < -0.39 is 17.4 Å². The zero-order valence-corrected chi connectivity index (χ0v) is 22.2. The molecule has 1 aliphatic carbocycles. The summed E-state index contributed by atoms with van der Waals surface area (Å²) in [6, 6.07) is 11.1. The molecule has 11 heteroatoms. The maximum Gasteiger partial charge on any atom is 0.262 e. The Bertz CT molecular complexity index is 1600. The van der Waals surface area contributed by atoms with E-state index in [9.17, 15) is 9.59 Å². The second-order valence-electron chi connectivity index (χ2n) is 10.1. The summed E-state index contributed by atoms with van der Waals surface area (Å²) in [6.45, 7) is 3.50. The third-order valence-electron chi connectivity index (χ3n) is 7.54. The summed E-state index contributed by atoms with van der Waals surface area (Å²) in [4.78, 5) is 27.9. The fourth-order valence-electron chi connectivity index (χ4n) is 5.66. The number of carbonyl (C=O) groups excluding carboxylic acids is 2. The van der Waals surface area contributed by atoms with Crippen molar-refractivity contribution in [1.82, 2.24) is 20.8 Å². The van der Waals surface area contributed by atoms with Gasteiger partial charge in [0.15, 0.2) is 5.78 Å². The molecule has 4 aromatic rings. The molecule has 0 saturated carbocycles. The smallest absolute Gasteiger partial charge is 0.262 e. The lowest BCUT2D eigenvalue weighted by Crippen LogP contribution is -2.53. The third kappa shape index (κ3) is 4.14. The number of anilines is 1. The minimum Gasteiger partial charge on any atom is -0.438 e. The quantitative estimate of drug-likeness (QED) is 0.237. The van der Waals surface area contributed by atoms with Crippen molar-refractivity contribution in [2.45, 2.75) is 37.4 Å². The van der Waals surface area contributed by atoms with Crippen LogP contribution in [0.15, 0.2) is 48.7 Å². The molecule has 1 saturated heterocycles. The molecule has 1 aliphatic heterocycles. The van der Waals surface area contributed by atoms with E-state index >= 15 is 0 Å². The van der Waals surface area contributed by atoms with Crippen molar-refractivity contribution in [3.05, 3.63) is 75.8 Å². The maximum absolute atomic E-state index is 14.1. The SMILES string of the molecule is Cc1cc(Oc2cccnn2)ccc1C1(N)C(=O)C(N)c2c(C(=O)NC3CCCNC3)sc3c(N)ccc1c23. The number of nitrogens with two attached hydrogens (primary N) is 3. The molecular weight excluding hydrogens is 514 g/mol. The first kappa shape index (κ1) is 25.4. The Labute approximate surface area is 228 Å². The van der Waals surface area contributed by atoms with E-state index in [1.165, 1.54) is 11.3 Å². The molecule has 200 valence electrons. The van der Waals surface area contributed by atoms with Crippen LogP contribution in [-0.4, -0.2) is 41.0 Å². The number of nitrogens with one attached hydrogen (secondary N) is 2. The number of piperidine rings is 1. The zero-order chi connectivity index (χ0) is 27.3. The fraction of sp³-hybridized carbons (Fsp3) is 0.286. The molecule has 39 heavy (non-hydrogen) atoms. The molecule has 2 aromatic heterocycles. The Balaban J connectivity index is 1.44. The summed E-state index contributed by atoms with van der Waals surface area (Å²) in [6.07, 6.45) is 3.43. The second-order valence-corrected chi connectivity index (χ2v) is 11.1. The number of aryl methyl sites for hydroxylation is 1. The van der Waals surface area contributed by atoms with Crippen LogP contribution in [-0.2, 0) is 10.3 Å². The lowest BCUT2D eigenvalue weighted by Gasteiger charge is -2.37. The van der Waals surface area contributed by atoms with Crippen molar-refractivity contribution in [2.75, 3.05) is 18.8 Å². The van der Waals surface area contributed by atoms with Gasteiger partial charge in [0.1, 0.15) is 11.3 Å². The Kier molecular flexibility index (Phi) is 6.31. The van der Waals surface area contributed by atoms with Gasteiger partial charge in [-0.2, -0.15) is 5.10 Å². The van der Waals surface area contributed by atoms with Gasteiger partial charge in [0.25, 0.3) is 5.91 Å². The normalized spacial score (nSPS) is 22.6. The molecule has 2 aliphatic rings. The molecule has 3 heterocycles. The Morgan fingerprint density at radius 2 is 2.05 bits per heavy atom. The first-order chi connectivity index (χ1) is 18.8. The molecule has 8 N–H and O–H groups in total. The highest BCUT2D eigenvalue weighted by molar-refractivity contribution is 7.21. The van der Waals surface area contributed by atoms with Gasteiger partial charge in [-0.15, -0.1) is 16.4 Å². The third-order valence-corrected chi connectivity index (χ3v) is 8.80. The molecule has 1 amide bonds.